The Morgan fingerprint density at radius 2 is 1.73 bits per heavy atom. The third-order valence-electron chi connectivity index (χ3n) is 8.51. The summed E-state index contributed by atoms with van der Waals surface area (Å²) in [5.41, 5.74) is 4.55. The standard InChI is InChI=1S/C34H41N7O4/c1-20(42)36-27-17-21(34(2,3)4)18-28(31(27)44-5)38-33(43)37-25-13-14-29(24-10-7-6-9-23(24)25)45-22-12-15-30-39-40-32(41(30)19-22)26-11-8-16-35-26/h6-7,9-10,12,15,17-19,25-26,29,35H,8,11,13-14,16H2,1-5H3,(H,36,42)(H2,37,38,43)/t25-,26-,29+/m0/s1. The number of ether oxygens (including phenoxy) is 2. The SMILES string of the molecule is COc1c(NC(C)=O)cc(C(C)(C)C)cc1NC(=O)N[C@H]1CC[C@@H](Oc2ccc3nnc([C@@H]4CCCN4)n3c2)c2ccccc21. The van der Waals surface area contributed by atoms with Gasteiger partial charge in [0.1, 0.15) is 11.9 Å². The van der Waals surface area contributed by atoms with Gasteiger partial charge in [0.05, 0.1) is 36.8 Å². The number of anilines is 2. The highest BCUT2D eigenvalue weighted by Crippen LogP contribution is 2.41. The van der Waals surface area contributed by atoms with E-state index in [-0.39, 0.29) is 35.5 Å². The van der Waals surface area contributed by atoms with E-state index in [2.05, 4.69) is 58.3 Å². The van der Waals surface area contributed by atoms with Crippen molar-refractivity contribution in [3.63, 3.8) is 0 Å². The van der Waals surface area contributed by atoms with Crippen LogP contribution in [0.1, 0.15) is 94.1 Å². The maximum atomic E-state index is 13.4. The van der Waals surface area contributed by atoms with E-state index in [1.54, 1.807) is 0 Å². The second kappa shape index (κ2) is 12.4. The largest absolute Gasteiger partial charge is 0.492 e. The van der Waals surface area contributed by atoms with E-state index in [4.69, 9.17) is 9.47 Å². The van der Waals surface area contributed by atoms with Crippen LogP contribution in [0.15, 0.2) is 54.7 Å². The first-order valence-corrected chi connectivity index (χ1v) is 15.5. The fourth-order valence-electron chi connectivity index (χ4n) is 6.26. The van der Waals surface area contributed by atoms with Crippen molar-refractivity contribution in [3.05, 3.63) is 77.2 Å². The number of carbonyl (C=O) groups is 2. The van der Waals surface area contributed by atoms with Crippen molar-refractivity contribution < 1.29 is 19.1 Å². The molecule has 0 saturated carbocycles. The number of rotatable bonds is 7. The Morgan fingerprint density at radius 1 is 0.978 bits per heavy atom. The molecule has 1 aliphatic heterocycles. The van der Waals surface area contributed by atoms with E-state index in [1.165, 1.54) is 14.0 Å². The van der Waals surface area contributed by atoms with Crippen LogP contribution in [0.3, 0.4) is 0 Å². The van der Waals surface area contributed by atoms with Gasteiger partial charge in [-0.25, -0.2) is 4.79 Å². The molecule has 2 aromatic heterocycles. The highest BCUT2D eigenvalue weighted by atomic mass is 16.5. The molecule has 1 fully saturated rings. The second-order valence-corrected chi connectivity index (χ2v) is 12.8. The van der Waals surface area contributed by atoms with Gasteiger partial charge in [0.25, 0.3) is 0 Å². The highest BCUT2D eigenvalue weighted by Gasteiger charge is 2.30. The monoisotopic (exact) mass is 611 g/mol. The number of hydrogen-bond donors (Lipinski definition) is 4. The minimum Gasteiger partial charge on any atom is -0.492 e. The lowest BCUT2D eigenvalue weighted by Gasteiger charge is -2.32. The Hall–Kier alpha value is -4.64. The summed E-state index contributed by atoms with van der Waals surface area (Å²) in [6.45, 7) is 8.65. The number of methoxy groups -OCH3 is 1. The Morgan fingerprint density at radius 3 is 2.42 bits per heavy atom. The molecule has 1 saturated heterocycles. The average Bonchev–Trinajstić information content (AvgIpc) is 3.67. The molecule has 45 heavy (non-hydrogen) atoms. The summed E-state index contributed by atoms with van der Waals surface area (Å²) in [5.74, 6) is 1.81. The van der Waals surface area contributed by atoms with Crippen LogP contribution in [0.5, 0.6) is 11.5 Å². The number of benzene rings is 2. The fourth-order valence-corrected chi connectivity index (χ4v) is 6.26. The Bertz CT molecular complexity index is 1720. The van der Waals surface area contributed by atoms with E-state index in [0.29, 0.717) is 30.0 Å². The van der Waals surface area contributed by atoms with Crippen molar-refractivity contribution in [3.8, 4) is 11.5 Å². The number of nitrogens with one attached hydrogen (secondary N) is 4. The zero-order chi connectivity index (χ0) is 31.7. The van der Waals surface area contributed by atoms with E-state index in [0.717, 1.165) is 53.3 Å². The Labute approximate surface area is 263 Å². The molecule has 6 rings (SSSR count). The van der Waals surface area contributed by atoms with Gasteiger partial charge in [-0.2, -0.15) is 0 Å². The topological polar surface area (TPSA) is 131 Å². The summed E-state index contributed by atoms with van der Waals surface area (Å²) in [6, 6.07) is 15.3. The molecule has 236 valence electrons. The van der Waals surface area contributed by atoms with Crippen LogP contribution in [0.25, 0.3) is 5.65 Å². The summed E-state index contributed by atoms with van der Waals surface area (Å²) in [5, 5.41) is 21.3. The Kier molecular flexibility index (Phi) is 8.37. The van der Waals surface area contributed by atoms with Crippen molar-refractivity contribution in [2.45, 2.75) is 77.0 Å². The lowest BCUT2D eigenvalue weighted by Crippen LogP contribution is -2.35. The molecule has 11 nitrogen and oxygen atoms in total. The molecule has 2 aromatic carbocycles. The molecule has 1 aliphatic carbocycles. The van der Waals surface area contributed by atoms with Gasteiger partial charge in [0.15, 0.2) is 17.2 Å². The first-order valence-electron chi connectivity index (χ1n) is 15.5. The van der Waals surface area contributed by atoms with Gasteiger partial charge in [0.2, 0.25) is 5.91 Å². The highest BCUT2D eigenvalue weighted by molar-refractivity contribution is 5.97. The number of urea groups is 1. The lowest BCUT2D eigenvalue weighted by atomic mass is 9.85. The number of pyridine rings is 1. The molecular formula is C34H41N7O4. The van der Waals surface area contributed by atoms with Gasteiger partial charge in [-0.1, -0.05) is 45.0 Å². The van der Waals surface area contributed by atoms with Crippen molar-refractivity contribution in [1.82, 2.24) is 25.2 Å². The van der Waals surface area contributed by atoms with Crippen molar-refractivity contribution >= 4 is 29.0 Å². The summed E-state index contributed by atoms with van der Waals surface area (Å²) < 4.78 is 14.2. The zero-order valence-corrected chi connectivity index (χ0v) is 26.4. The van der Waals surface area contributed by atoms with Crippen LogP contribution in [0, 0.1) is 0 Å². The fraction of sp³-hybridized carbons (Fsp3) is 0.412. The number of fused-ring (bicyclic) bond motifs is 2. The van der Waals surface area contributed by atoms with Crippen LogP contribution >= 0.6 is 0 Å². The van der Waals surface area contributed by atoms with E-state index in [1.807, 2.05) is 53.1 Å². The van der Waals surface area contributed by atoms with Crippen LogP contribution in [0.4, 0.5) is 16.2 Å². The molecule has 3 amide bonds. The smallest absolute Gasteiger partial charge is 0.319 e. The molecule has 3 atom stereocenters. The molecule has 4 aromatic rings. The predicted octanol–water partition coefficient (Wildman–Crippen LogP) is 6.20. The summed E-state index contributed by atoms with van der Waals surface area (Å²) >= 11 is 0. The zero-order valence-electron chi connectivity index (χ0n) is 26.4. The third-order valence-corrected chi connectivity index (χ3v) is 8.51. The first-order chi connectivity index (χ1) is 21.6. The van der Waals surface area contributed by atoms with Crippen molar-refractivity contribution in [2.75, 3.05) is 24.3 Å². The van der Waals surface area contributed by atoms with Gasteiger partial charge >= 0.3 is 6.03 Å². The van der Waals surface area contributed by atoms with Crippen molar-refractivity contribution in [2.24, 2.45) is 0 Å². The first kappa shape index (κ1) is 30.4. The summed E-state index contributed by atoms with van der Waals surface area (Å²) in [4.78, 5) is 25.4. The number of carbonyl (C=O) groups excluding carboxylic acids is 2. The van der Waals surface area contributed by atoms with Gasteiger partial charge < -0.3 is 30.7 Å². The maximum Gasteiger partial charge on any atom is 0.319 e. The maximum absolute atomic E-state index is 13.4. The minimum atomic E-state index is -0.363. The number of nitrogens with zero attached hydrogens (tertiary/aromatic N) is 3. The quantitative estimate of drug-likeness (QED) is 0.196. The molecular weight excluding hydrogens is 570 g/mol. The average molecular weight is 612 g/mol. The number of amides is 3. The molecule has 3 heterocycles. The summed E-state index contributed by atoms with van der Waals surface area (Å²) in [6.07, 6.45) is 5.37. The third kappa shape index (κ3) is 6.44. The number of hydrogen-bond acceptors (Lipinski definition) is 7. The number of aromatic nitrogens is 3. The molecule has 11 heteroatoms. The summed E-state index contributed by atoms with van der Waals surface area (Å²) in [7, 11) is 1.52. The molecule has 0 spiro atoms. The van der Waals surface area contributed by atoms with Gasteiger partial charge in [-0.15, -0.1) is 10.2 Å². The van der Waals surface area contributed by atoms with Crippen molar-refractivity contribution in [1.29, 1.82) is 0 Å². The van der Waals surface area contributed by atoms with Crippen LogP contribution in [-0.2, 0) is 10.2 Å². The van der Waals surface area contributed by atoms with E-state index < -0.39 is 0 Å². The van der Waals surface area contributed by atoms with Crippen LogP contribution in [-0.4, -0.2) is 40.2 Å². The van der Waals surface area contributed by atoms with Gasteiger partial charge in [0, 0.05) is 6.92 Å². The molecule has 4 N–H and O–H groups in total. The second-order valence-electron chi connectivity index (χ2n) is 12.8. The lowest BCUT2D eigenvalue weighted by molar-refractivity contribution is -0.114. The van der Waals surface area contributed by atoms with Gasteiger partial charge in [-0.3, -0.25) is 9.20 Å². The molecule has 2 aliphatic rings. The minimum absolute atomic E-state index is 0.173. The van der Waals surface area contributed by atoms with E-state index in [9.17, 15) is 9.59 Å². The normalized spacial score (nSPS) is 19.5. The molecule has 0 bridgehead atoms. The predicted molar refractivity (Wildman–Crippen MR) is 173 cm³/mol. The van der Waals surface area contributed by atoms with Gasteiger partial charge in [-0.05, 0) is 78.6 Å². The van der Waals surface area contributed by atoms with E-state index >= 15 is 0 Å². The Balaban J connectivity index is 1.20. The van der Waals surface area contributed by atoms with Crippen LogP contribution < -0.4 is 30.7 Å². The molecule has 0 unspecified atom stereocenters. The molecule has 0 radical (unpaired) electrons. The van der Waals surface area contributed by atoms with Crippen LogP contribution in [0.2, 0.25) is 0 Å².